The van der Waals surface area contributed by atoms with Crippen LogP contribution in [0.5, 0.6) is 0 Å². The molecule has 1 aliphatic rings. The zero-order chi connectivity index (χ0) is 17.8. The number of aryl methyl sites for hydroxylation is 2. The summed E-state index contributed by atoms with van der Waals surface area (Å²) in [6.45, 7) is 9.03. The van der Waals surface area contributed by atoms with Gasteiger partial charge in [-0.05, 0) is 38.1 Å². The molecule has 1 saturated heterocycles. The van der Waals surface area contributed by atoms with Gasteiger partial charge < -0.3 is 10.6 Å². The van der Waals surface area contributed by atoms with E-state index in [1.54, 1.807) is 16.8 Å². The predicted octanol–water partition coefficient (Wildman–Crippen LogP) is 1.69. The van der Waals surface area contributed by atoms with Gasteiger partial charge in [0.1, 0.15) is 11.5 Å². The first-order valence-corrected chi connectivity index (χ1v) is 8.59. The van der Waals surface area contributed by atoms with Crippen molar-refractivity contribution in [3.8, 4) is 5.69 Å². The Balaban J connectivity index is 0.00000243. The van der Waals surface area contributed by atoms with Gasteiger partial charge >= 0.3 is 0 Å². The van der Waals surface area contributed by atoms with Gasteiger partial charge in [-0.2, -0.15) is 5.10 Å². The fourth-order valence-corrected chi connectivity index (χ4v) is 3.06. The van der Waals surface area contributed by atoms with Crippen LogP contribution in [0.25, 0.3) is 5.69 Å². The lowest BCUT2D eigenvalue weighted by molar-refractivity contribution is 0.0947. The average Bonchev–Trinajstić information content (AvgIpc) is 2.93. The lowest BCUT2D eigenvalue weighted by Crippen LogP contribution is -2.46. The van der Waals surface area contributed by atoms with Crippen molar-refractivity contribution in [1.82, 2.24) is 25.3 Å². The number of nitrogens with zero attached hydrogens (tertiary/aromatic N) is 3. The lowest BCUT2D eigenvalue weighted by Gasteiger charge is -2.27. The van der Waals surface area contributed by atoms with E-state index < -0.39 is 5.82 Å². The van der Waals surface area contributed by atoms with Crippen LogP contribution in [0.4, 0.5) is 4.39 Å². The van der Waals surface area contributed by atoms with Gasteiger partial charge in [0.15, 0.2) is 0 Å². The molecule has 2 N–H and O–H groups in total. The largest absolute Gasteiger partial charge is 0.351 e. The first-order valence-electron chi connectivity index (χ1n) is 8.59. The SMILES string of the molecule is Cc1cc(C)n(-c2ccc(C(=O)NCCN3CCNCC3)cc2F)n1.Cl. The molecule has 1 amide bonds. The van der Waals surface area contributed by atoms with Gasteiger partial charge in [-0.25, -0.2) is 9.07 Å². The number of benzene rings is 1. The minimum atomic E-state index is -0.457. The van der Waals surface area contributed by atoms with E-state index in [9.17, 15) is 9.18 Å². The Kier molecular flexibility index (Phi) is 7.14. The van der Waals surface area contributed by atoms with Crippen LogP contribution in [0.3, 0.4) is 0 Å². The molecule has 2 aromatic rings. The van der Waals surface area contributed by atoms with Crippen molar-refractivity contribution in [3.05, 3.63) is 47.0 Å². The summed E-state index contributed by atoms with van der Waals surface area (Å²) in [7, 11) is 0. The second-order valence-electron chi connectivity index (χ2n) is 6.35. The highest BCUT2D eigenvalue weighted by Crippen LogP contribution is 2.17. The Labute approximate surface area is 159 Å². The van der Waals surface area contributed by atoms with Crippen molar-refractivity contribution in [2.75, 3.05) is 39.3 Å². The minimum Gasteiger partial charge on any atom is -0.351 e. The summed E-state index contributed by atoms with van der Waals surface area (Å²) >= 11 is 0. The maximum absolute atomic E-state index is 14.4. The summed E-state index contributed by atoms with van der Waals surface area (Å²) < 4.78 is 16.0. The van der Waals surface area contributed by atoms with Crippen LogP contribution in [0.2, 0.25) is 0 Å². The van der Waals surface area contributed by atoms with Crippen LogP contribution in [-0.4, -0.2) is 59.9 Å². The molecule has 1 aliphatic heterocycles. The van der Waals surface area contributed by atoms with Crippen molar-refractivity contribution in [2.24, 2.45) is 0 Å². The van der Waals surface area contributed by atoms with Crippen molar-refractivity contribution in [3.63, 3.8) is 0 Å². The van der Waals surface area contributed by atoms with Gasteiger partial charge in [-0.3, -0.25) is 9.69 Å². The van der Waals surface area contributed by atoms with Crippen LogP contribution in [0, 0.1) is 19.7 Å². The van der Waals surface area contributed by atoms with Crippen LogP contribution in [-0.2, 0) is 0 Å². The Morgan fingerprint density at radius 2 is 2.00 bits per heavy atom. The third-order valence-corrected chi connectivity index (χ3v) is 4.37. The van der Waals surface area contributed by atoms with Crippen molar-refractivity contribution in [2.45, 2.75) is 13.8 Å². The lowest BCUT2D eigenvalue weighted by atomic mass is 10.2. The highest BCUT2D eigenvalue weighted by Gasteiger charge is 2.14. The third kappa shape index (κ3) is 4.81. The molecule has 1 aromatic heterocycles. The third-order valence-electron chi connectivity index (χ3n) is 4.37. The van der Waals surface area contributed by atoms with E-state index in [0.29, 0.717) is 17.8 Å². The molecule has 3 rings (SSSR count). The molecule has 1 aromatic carbocycles. The molecule has 2 heterocycles. The number of hydrogen-bond donors (Lipinski definition) is 2. The number of nitrogens with one attached hydrogen (secondary N) is 2. The first-order chi connectivity index (χ1) is 12.0. The standard InChI is InChI=1S/C18H24FN5O.ClH/c1-13-11-14(2)24(22-13)17-4-3-15(12-16(17)19)18(25)21-7-10-23-8-5-20-6-9-23;/h3-4,11-12,20H,5-10H2,1-2H3,(H,21,25);1H. The number of carbonyl (C=O) groups is 1. The van der Waals surface area contributed by atoms with Crippen molar-refractivity contribution < 1.29 is 9.18 Å². The number of halogens is 2. The molecule has 6 nitrogen and oxygen atoms in total. The second-order valence-corrected chi connectivity index (χ2v) is 6.35. The zero-order valence-corrected chi connectivity index (χ0v) is 15.9. The summed E-state index contributed by atoms with van der Waals surface area (Å²) in [5, 5.41) is 10.4. The average molecular weight is 382 g/mol. The summed E-state index contributed by atoms with van der Waals surface area (Å²) in [4.78, 5) is 14.5. The predicted molar refractivity (Wildman–Crippen MR) is 102 cm³/mol. The fourth-order valence-electron chi connectivity index (χ4n) is 3.06. The van der Waals surface area contributed by atoms with E-state index in [1.807, 2.05) is 19.9 Å². The van der Waals surface area contributed by atoms with Crippen LogP contribution >= 0.6 is 12.4 Å². The van der Waals surface area contributed by atoms with Crippen LogP contribution in [0.15, 0.2) is 24.3 Å². The normalized spacial score (nSPS) is 14.7. The van der Waals surface area contributed by atoms with Crippen molar-refractivity contribution in [1.29, 1.82) is 0 Å². The number of hydrogen-bond acceptors (Lipinski definition) is 4. The van der Waals surface area contributed by atoms with E-state index >= 15 is 0 Å². The Morgan fingerprint density at radius 1 is 1.27 bits per heavy atom. The Morgan fingerprint density at radius 3 is 2.62 bits per heavy atom. The maximum Gasteiger partial charge on any atom is 0.251 e. The molecule has 1 fully saturated rings. The minimum absolute atomic E-state index is 0. The highest BCUT2D eigenvalue weighted by atomic mass is 35.5. The molecule has 0 aliphatic carbocycles. The van der Waals surface area contributed by atoms with Gasteiger partial charge in [0.05, 0.1) is 5.69 Å². The topological polar surface area (TPSA) is 62.2 Å². The van der Waals surface area contributed by atoms with Gasteiger partial charge in [0, 0.05) is 50.5 Å². The molecule has 142 valence electrons. The second kappa shape index (κ2) is 9.12. The van der Waals surface area contributed by atoms with Crippen molar-refractivity contribution >= 4 is 18.3 Å². The number of amides is 1. The van der Waals surface area contributed by atoms with E-state index in [0.717, 1.165) is 44.1 Å². The van der Waals surface area contributed by atoms with E-state index in [4.69, 9.17) is 0 Å². The molecule has 0 bridgehead atoms. The Bertz CT molecular complexity index is 758. The quantitative estimate of drug-likeness (QED) is 0.827. The molecular weight excluding hydrogens is 357 g/mol. The van der Waals surface area contributed by atoms with Gasteiger partial charge in [-0.1, -0.05) is 0 Å². The molecule has 26 heavy (non-hydrogen) atoms. The van der Waals surface area contributed by atoms with Crippen LogP contribution in [0.1, 0.15) is 21.7 Å². The van der Waals surface area contributed by atoms with E-state index in [1.165, 1.54) is 6.07 Å². The smallest absolute Gasteiger partial charge is 0.251 e. The van der Waals surface area contributed by atoms with Gasteiger partial charge in [-0.15, -0.1) is 12.4 Å². The van der Waals surface area contributed by atoms with Crippen LogP contribution < -0.4 is 10.6 Å². The summed E-state index contributed by atoms with van der Waals surface area (Å²) in [5.41, 5.74) is 2.35. The van der Waals surface area contributed by atoms with Gasteiger partial charge in [0.2, 0.25) is 0 Å². The highest BCUT2D eigenvalue weighted by molar-refractivity contribution is 5.94. The maximum atomic E-state index is 14.4. The number of carbonyl (C=O) groups excluding carboxylic acids is 1. The number of aromatic nitrogens is 2. The van der Waals surface area contributed by atoms with E-state index in [2.05, 4.69) is 20.6 Å². The fraction of sp³-hybridized carbons (Fsp3) is 0.444. The summed E-state index contributed by atoms with van der Waals surface area (Å²) in [5.74, 6) is -0.713. The molecule has 0 saturated carbocycles. The molecule has 8 heteroatoms. The number of piperazine rings is 1. The number of rotatable bonds is 5. The van der Waals surface area contributed by atoms with Gasteiger partial charge in [0.25, 0.3) is 5.91 Å². The van der Waals surface area contributed by atoms with E-state index in [-0.39, 0.29) is 18.3 Å². The molecule has 0 unspecified atom stereocenters. The molecule has 0 atom stereocenters. The molecule has 0 spiro atoms. The summed E-state index contributed by atoms with van der Waals surface area (Å²) in [6, 6.07) is 6.39. The Hall–Kier alpha value is -1.96. The molecular formula is C18H25ClFN5O. The first kappa shape index (κ1) is 20.4. The summed E-state index contributed by atoms with van der Waals surface area (Å²) in [6.07, 6.45) is 0. The monoisotopic (exact) mass is 381 g/mol. The zero-order valence-electron chi connectivity index (χ0n) is 15.1. The molecule has 0 radical (unpaired) electrons.